The van der Waals surface area contributed by atoms with Gasteiger partial charge in [-0.05, 0) is 49.4 Å². The zero-order valence-corrected chi connectivity index (χ0v) is 14.0. The molecule has 0 aliphatic heterocycles. The third-order valence-corrected chi connectivity index (χ3v) is 3.89. The Morgan fingerprint density at radius 3 is 2.57 bits per heavy atom. The average Bonchev–Trinajstić information content (AvgIpc) is 2.41. The smallest absolute Gasteiger partial charge is 0.0708 e. The van der Waals surface area contributed by atoms with Crippen LogP contribution in [0.25, 0.3) is 10.9 Å². The fourth-order valence-electron chi connectivity index (χ4n) is 2.82. The minimum Gasteiger partial charge on any atom is -0.310 e. The molecule has 2 heteroatoms. The van der Waals surface area contributed by atoms with Crippen LogP contribution in [0.15, 0.2) is 30.3 Å². The Bertz CT molecular complexity index is 596. The number of fused-ring (bicyclic) bond motifs is 1. The van der Waals surface area contributed by atoms with E-state index in [9.17, 15) is 0 Å². The Labute approximate surface area is 129 Å². The number of benzene rings is 1. The fourth-order valence-corrected chi connectivity index (χ4v) is 2.82. The standard InChI is InChI=1S/C19H28N2/c1-6-20-17(11-12-19(3,4)5)16-13-14(2)21-18-10-8-7-9-15(16)18/h7-10,13,17,20H,6,11-12H2,1-5H3. The molecule has 1 unspecified atom stereocenters. The van der Waals surface area contributed by atoms with Crippen LogP contribution < -0.4 is 5.32 Å². The molecule has 0 spiro atoms. The summed E-state index contributed by atoms with van der Waals surface area (Å²) in [5.74, 6) is 0. The summed E-state index contributed by atoms with van der Waals surface area (Å²) in [5, 5.41) is 4.94. The molecular formula is C19H28N2. The van der Waals surface area contributed by atoms with Crippen LogP contribution in [0, 0.1) is 12.3 Å². The van der Waals surface area contributed by atoms with Crippen molar-refractivity contribution in [2.24, 2.45) is 5.41 Å². The number of aromatic nitrogens is 1. The molecule has 114 valence electrons. The van der Waals surface area contributed by atoms with Gasteiger partial charge in [-0.3, -0.25) is 4.98 Å². The van der Waals surface area contributed by atoms with Crippen molar-refractivity contribution in [1.82, 2.24) is 10.3 Å². The highest BCUT2D eigenvalue weighted by Gasteiger charge is 2.18. The largest absolute Gasteiger partial charge is 0.310 e. The topological polar surface area (TPSA) is 24.9 Å². The molecule has 2 aromatic rings. The number of pyridine rings is 1. The Kier molecular flexibility index (Phi) is 5.00. The summed E-state index contributed by atoms with van der Waals surface area (Å²) in [6, 6.07) is 11.1. The van der Waals surface area contributed by atoms with E-state index in [0.717, 1.165) is 24.2 Å². The summed E-state index contributed by atoms with van der Waals surface area (Å²) < 4.78 is 0. The quantitative estimate of drug-likeness (QED) is 0.834. The van der Waals surface area contributed by atoms with Gasteiger partial charge < -0.3 is 5.32 Å². The lowest BCUT2D eigenvalue weighted by Crippen LogP contribution is -2.23. The van der Waals surface area contributed by atoms with E-state index in [1.807, 2.05) is 0 Å². The van der Waals surface area contributed by atoms with Gasteiger partial charge in [0.15, 0.2) is 0 Å². The van der Waals surface area contributed by atoms with Crippen LogP contribution in [0.5, 0.6) is 0 Å². The summed E-state index contributed by atoms with van der Waals surface area (Å²) in [6.45, 7) is 12.2. The van der Waals surface area contributed by atoms with Crippen molar-refractivity contribution in [1.29, 1.82) is 0 Å². The van der Waals surface area contributed by atoms with E-state index in [1.54, 1.807) is 0 Å². The van der Waals surface area contributed by atoms with Crippen LogP contribution in [0.1, 0.15) is 57.8 Å². The molecule has 1 N–H and O–H groups in total. The molecule has 1 aromatic heterocycles. The second-order valence-corrected chi connectivity index (χ2v) is 7.08. The lowest BCUT2D eigenvalue weighted by atomic mass is 9.86. The number of hydrogen-bond acceptors (Lipinski definition) is 2. The van der Waals surface area contributed by atoms with Crippen LogP contribution >= 0.6 is 0 Å². The Hall–Kier alpha value is -1.41. The summed E-state index contributed by atoms with van der Waals surface area (Å²) in [5.41, 5.74) is 3.96. The van der Waals surface area contributed by atoms with Crippen molar-refractivity contribution < 1.29 is 0 Å². The van der Waals surface area contributed by atoms with Gasteiger partial charge >= 0.3 is 0 Å². The first-order valence-corrected chi connectivity index (χ1v) is 8.00. The van der Waals surface area contributed by atoms with Crippen LogP contribution in [-0.4, -0.2) is 11.5 Å². The van der Waals surface area contributed by atoms with E-state index in [-0.39, 0.29) is 0 Å². The lowest BCUT2D eigenvalue weighted by molar-refractivity contribution is 0.334. The zero-order chi connectivity index (χ0) is 15.5. The van der Waals surface area contributed by atoms with Gasteiger partial charge in [-0.15, -0.1) is 0 Å². The van der Waals surface area contributed by atoms with Crippen LogP contribution in [0.3, 0.4) is 0 Å². The molecule has 1 aromatic carbocycles. The molecule has 0 aliphatic carbocycles. The minimum atomic E-state index is 0.367. The highest BCUT2D eigenvalue weighted by atomic mass is 14.9. The number of hydrogen-bond donors (Lipinski definition) is 1. The Morgan fingerprint density at radius 1 is 1.19 bits per heavy atom. The molecule has 0 aliphatic rings. The molecule has 0 saturated carbocycles. The highest BCUT2D eigenvalue weighted by Crippen LogP contribution is 2.31. The van der Waals surface area contributed by atoms with Gasteiger partial charge in [0.2, 0.25) is 0 Å². The number of rotatable bonds is 5. The number of nitrogens with one attached hydrogen (secondary N) is 1. The van der Waals surface area contributed by atoms with Gasteiger partial charge in [0, 0.05) is 17.1 Å². The maximum Gasteiger partial charge on any atom is 0.0708 e. The molecule has 2 nitrogen and oxygen atoms in total. The van der Waals surface area contributed by atoms with Crippen molar-refractivity contribution in [3.05, 3.63) is 41.6 Å². The Morgan fingerprint density at radius 2 is 1.90 bits per heavy atom. The highest BCUT2D eigenvalue weighted by molar-refractivity contribution is 5.82. The van der Waals surface area contributed by atoms with Gasteiger partial charge in [-0.2, -0.15) is 0 Å². The first kappa shape index (κ1) is 16.0. The van der Waals surface area contributed by atoms with Crippen LogP contribution in [-0.2, 0) is 0 Å². The normalized spacial score (nSPS) is 13.6. The predicted molar refractivity (Wildman–Crippen MR) is 91.6 cm³/mol. The van der Waals surface area contributed by atoms with Crippen molar-refractivity contribution in [3.8, 4) is 0 Å². The number of para-hydroxylation sites is 1. The lowest BCUT2D eigenvalue weighted by Gasteiger charge is -2.25. The fraction of sp³-hybridized carbons (Fsp3) is 0.526. The van der Waals surface area contributed by atoms with Crippen LogP contribution in [0.2, 0.25) is 0 Å². The second-order valence-electron chi connectivity index (χ2n) is 7.08. The second kappa shape index (κ2) is 6.57. The van der Waals surface area contributed by atoms with Gasteiger partial charge in [-0.25, -0.2) is 0 Å². The summed E-state index contributed by atoms with van der Waals surface area (Å²) >= 11 is 0. The average molecular weight is 284 g/mol. The third kappa shape index (κ3) is 4.28. The molecule has 2 rings (SSSR count). The zero-order valence-electron chi connectivity index (χ0n) is 14.0. The van der Waals surface area contributed by atoms with Gasteiger partial charge in [0.25, 0.3) is 0 Å². The van der Waals surface area contributed by atoms with E-state index in [0.29, 0.717) is 11.5 Å². The van der Waals surface area contributed by atoms with Gasteiger partial charge in [0.1, 0.15) is 0 Å². The molecule has 1 atom stereocenters. The summed E-state index contributed by atoms with van der Waals surface area (Å²) in [7, 11) is 0. The number of aryl methyl sites for hydroxylation is 1. The third-order valence-electron chi connectivity index (χ3n) is 3.89. The van der Waals surface area contributed by atoms with E-state index >= 15 is 0 Å². The molecule has 21 heavy (non-hydrogen) atoms. The van der Waals surface area contributed by atoms with Crippen molar-refractivity contribution in [2.75, 3.05) is 6.54 Å². The van der Waals surface area contributed by atoms with Gasteiger partial charge in [0.05, 0.1) is 5.52 Å². The van der Waals surface area contributed by atoms with E-state index < -0.39 is 0 Å². The molecule has 0 fully saturated rings. The number of nitrogens with zero attached hydrogens (tertiary/aromatic N) is 1. The van der Waals surface area contributed by atoms with Gasteiger partial charge in [-0.1, -0.05) is 45.9 Å². The van der Waals surface area contributed by atoms with Crippen molar-refractivity contribution >= 4 is 10.9 Å². The van der Waals surface area contributed by atoms with Crippen molar-refractivity contribution in [3.63, 3.8) is 0 Å². The van der Waals surface area contributed by atoms with E-state index in [4.69, 9.17) is 0 Å². The maximum absolute atomic E-state index is 4.66. The molecule has 0 saturated heterocycles. The molecule has 0 amide bonds. The maximum atomic E-state index is 4.66. The Balaban J connectivity index is 2.39. The van der Waals surface area contributed by atoms with E-state index in [1.165, 1.54) is 17.4 Å². The molecular weight excluding hydrogens is 256 g/mol. The molecule has 1 heterocycles. The molecule has 0 bridgehead atoms. The van der Waals surface area contributed by atoms with Crippen LogP contribution in [0.4, 0.5) is 0 Å². The first-order valence-electron chi connectivity index (χ1n) is 8.00. The first-order chi connectivity index (χ1) is 9.90. The monoisotopic (exact) mass is 284 g/mol. The summed E-state index contributed by atoms with van der Waals surface area (Å²) in [6.07, 6.45) is 2.37. The minimum absolute atomic E-state index is 0.367. The summed E-state index contributed by atoms with van der Waals surface area (Å²) in [4.78, 5) is 4.66. The molecule has 0 radical (unpaired) electrons. The van der Waals surface area contributed by atoms with Crippen molar-refractivity contribution in [2.45, 2.75) is 53.5 Å². The SMILES string of the molecule is CCNC(CCC(C)(C)C)c1cc(C)nc2ccccc12. The predicted octanol–water partition coefficient (Wildman–Crippen LogP) is 5.02. The van der Waals surface area contributed by atoms with E-state index in [2.05, 4.69) is 75.3 Å².